The number of ether oxygens (including phenoxy) is 2. The molecule has 128 valence electrons. The molecule has 1 fully saturated rings. The van der Waals surface area contributed by atoms with Crippen molar-refractivity contribution in [1.29, 1.82) is 0 Å². The van der Waals surface area contributed by atoms with Crippen molar-refractivity contribution in [3.8, 4) is 5.88 Å². The highest BCUT2D eigenvalue weighted by atomic mass is 35.5. The van der Waals surface area contributed by atoms with Crippen LogP contribution < -0.4 is 10.1 Å². The molecular weight excluding hydrogens is 362 g/mol. The maximum absolute atomic E-state index is 12.3. The van der Waals surface area contributed by atoms with E-state index < -0.39 is 0 Å². The smallest absolute Gasteiger partial charge is 0.259 e. The van der Waals surface area contributed by atoms with Gasteiger partial charge in [0, 0.05) is 23.7 Å². The molecule has 8 heteroatoms. The largest absolute Gasteiger partial charge is 0.472 e. The highest BCUT2D eigenvalue weighted by Crippen LogP contribution is 2.28. The summed E-state index contributed by atoms with van der Waals surface area (Å²) >= 11 is 7.34. The molecule has 6 nitrogen and oxygen atoms in total. The predicted octanol–water partition coefficient (Wildman–Crippen LogP) is 3.76. The fraction of sp³-hybridized carbons (Fsp3) is 0.235. The summed E-state index contributed by atoms with van der Waals surface area (Å²) in [7, 11) is 0. The number of nitrogens with zero attached hydrogens (tertiary/aromatic N) is 2. The van der Waals surface area contributed by atoms with Crippen molar-refractivity contribution in [2.45, 2.75) is 12.5 Å². The van der Waals surface area contributed by atoms with Gasteiger partial charge in [-0.2, -0.15) is 0 Å². The number of anilines is 1. The van der Waals surface area contributed by atoms with Crippen LogP contribution in [0.25, 0.3) is 10.2 Å². The van der Waals surface area contributed by atoms with E-state index in [0.29, 0.717) is 34.8 Å². The Bertz CT molecular complexity index is 907. The third-order valence-electron chi connectivity index (χ3n) is 3.74. The Hall–Kier alpha value is -2.22. The van der Waals surface area contributed by atoms with Crippen LogP contribution in [0.1, 0.15) is 16.8 Å². The van der Waals surface area contributed by atoms with Gasteiger partial charge in [-0.3, -0.25) is 10.1 Å². The van der Waals surface area contributed by atoms with Gasteiger partial charge < -0.3 is 9.47 Å². The van der Waals surface area contributed by atoms with Crippen molar-refractivity contribution in [3.05, 3.63) is 47.1 Å². The molecule has 0 aliphatic carbocycles. The number of rotatable bonds is 4. The number of aromatic nitrogens is 2. The molecule has 1 saturated heterocycles. The Labute approximate surface area is 152 Å². The molecule has 0 spiro atoms. The van der Waals surface area contributed by atoms with Crippen LogP contribution in [0.4, 0.5) is 5.13 Å². The number of nitrogens with one attached hydrogen (secondary N) is 1. The average Bonchev–Trinajstić information content (AvgIpc) is 3.24. The zero-order chi connectivity index (χ0) is 17.2. The average molecular weight is 376 g/mol. The van der Waals surface area contributed by atoms with E-state index in [4.69, 9.17) is 21.1 Å². The molecule has 4 rings (SSSR count). The number of amides is 1. The summed E-state index contributed by atoms with van der Waals surface area (Å²) in [5, 5.41) is 3.94. The monoisotopic (exact) mass is 375 g/mol. The molecule has 1 aliphatic rings. The molecule has 1 N–H and O–H groups in total. The van der Waals surface area contributed by atoms with Gasteiger partial charge in [-0.05, 0) is 24.3 Å². The van der Waals surface area contributed by atoms with Gasteiger partial charge in [-0.1, -0.05) is 22.9 Å². The molecule has 1 aliphatic heterocycles. The summed E-state index contributed by atoms with van der Waals surface area (Å²) in [5.41, 5.74) is 1.23. The van der Waals surface area contributed by atoms with Gasteiger partial charge in [0.05, 0.1) is 29.0 Å². The minimum atomic E-state index is -0.270. The lowest BCUT2D eigenvalue weighted by Gasteiger charge is -2.10. The molecule has 2 aromatic heterocycles. The second-order valence-electron chi connectivity index (χ2n) is 5.57. The first-order chi connectivity index (χ1) is 12.2. The molecule has 1 unspecified atom stereocenters. The van der Waals surface area contributed by atoms with Crippen LogP contribution in [0.3, 0.4) is 0 Å². The van der Waals surface area contributed by atoms with Crippen LogP contribution in [0.15, 0.2) is 36.5 Å². The minimum absolute atomic E-state index is 0.0294. The molecule has 1 atom stereocenters. The van der Waals surface area contributed by atoms with E-state index in [0.717, 1.165) is 16.6 Å². The van der Waals surface area contributed by atoms with Crippen molar-refractivity contribution in [2.75, 3.05) is 18.5 Å². The molecule has 3 aromatic rings. The maximum atomic E-state index is 12.3. The lowest BCUT2D eigenvalue weighted by atomic mass is 10.2. The predicted molar refractivity (Wildman–Crippen MR) is 96.7 cm³/mol. The lowest BCUT2D eigenvalue weighted by Crippen LogP contribution is -2.17. The van der Waals surface area contributed by atoms with E-state index in [1.54, 1.807) is 18.2 Å². The number of thiazole rings is 1. The van der Waals surface area contributed by atoms with Crippen LogP contribution in [0.2, 0.25) is 5.02 Å². The molecule has 0 radical (unpaired) electrons. The normalized spacial score (nSPS) is 16.9. The zero-order valence-electron chi connectivity index (χ0n) is 13.1. The Morgan fingerprint density at radius 3 is 3.04 bits per heavy atom. The van der Waals surface area contributed by atoms with Crippen molar-refractivity contribution in [2.24, 2.45) is 0 Å². The third kappa shape index (κ3) is 3.73. The summed E-state index contributed by atoms with van der Waals surface area (Å²) < 4.78 is 11.9. The van der Waals surface area contributed by atoms with Gasteiger partial charge in [0.2, 0.25) is 5.88 Å². The number of hydrogen-bond acceptors (Lipinski definition) is 6. The van der Waals surface area contributed by atoms with E-state index in [9.17, 15) is 4.79 Å². The number of hydrogen-bond donors (Lipinski definition) is 1. The Morgan fingerprint density at radius 1 is 1.36 bits per heavy atom. The van der Waals surface area contributed by atoms with Crippen LogP contribution in [-0.4, -0.2) is 35.2 Å². The first kappa shape index (κ1) is 16.3. The zero-order valence-corrected chi connectivity index (χ0v) is 14.6. The van der Waals surface area contributed by atoms with Gasteiger partial charge >= 0.3 is 0 Å². The number of pyridine rings is 1. The molecule has 1 amide bonds. The van der Waals surface area contributed by atoms with Crippen molar-refractivity contribution < 1.29 is 14.3 Å². The molecule has 0 saturated carbocycles. The van der Waals surface area contributed by atoms with Gasteiger partial charge in [0.25, 0.3) is 5.91 Å². The summed E-state index contributed by atoms with van der Waals surface area (Å²) in [6.07, 6.45) is 2.37. The highest BCUT2D eigenvalue weighted by molar-refractivity contribution is 7.22. The van der Waals surface area contributed by atoms with Gasteiger partial charge in [0.1, 0.15) is 6.10 Å². The van der Waals surface area contributed by atoms with Crippen molar-refractivity contribution >= 4 is 44.2 Å². The van der Waals surface area contributed by atoms with E-state index in [2.05, 4.69) is 15.3 Å². The number of carbonyl (C=O) groups is 1. The Morgan fingerprint density at radius 2 is 2.28 bits per heavy atom. The second-order valence-corrected chi connectivity index (χ2v) is 7.04. The van der Waals surface area contributed by atoms with Gasteiger partial charge in [0.15, 0.2) is 5.13 Å². The maximum Gasteiger partial charge on any atom is 0.259 e. The lowest BCUT2D eigenvalue weighted by molar-refractivity contribution is 0.102. The number of carbonyl (C=O) groups excluding carboxylic acids is 1. The molecule has 0 bridgehead atoms. The van der Waals surface area contributed by atoms with E-state index in [1.807, 2.05) is 12.1 Å². The number of fused-ring (bicyclic) bond motifs is 1. The second kappa shape index (κ2) is 6.95. The van der Waals surface area contributed by atoms with Crippen LogP contribution >= 0.6 is 22.9 Å². The molecular formula is C17H14ClN3O3S. The summed E-state index contributed by atoms with van der Waals surface area (Å²) in [6, 6.07) is 8.78. The quantitative estimate of drug-likeness (QED) is 0.751. The number of halogens is 1. The van der Waals surface area contributed by atoms with Gasteiger partial charge in [-0.25, -0.2) is 9.97 Å². The number of benzene rings is 1. The minimum Gasteiger partial charge on any atom is -0.472 e. The van der Waals surface area contributed by atoms with E-state index >= 15 is 0 Å². The first-order valence-corrected chi connectivity index (χ1v) is 8.95. The standard InChI is InChI=1S/C17H14ClN3O3S/c18-11-2-3-13-14(7-11)25-17(20-13)21-16(22)10-1-4-15(19-8-10)24-12-5-6-23-9-12/h1-4,7-8,12H,5-6,9H2,(H,20,21,22). The summed E-state index contributed by atoms with van der Waals surface area (Å²) in [4.78, 5) is 20.9. The summed E-state index contributed by atoms with van der Waals surface area (Å²) in [6.45, 7) is 1.28. The molecule has 25 heavy (non-hydrogen) atoms. The SMILES string of the molecule is O=C(Nc1nc2ccc(Cl)cc2s1)c1ccc(OC2CCOC2)nc1. The van der Waals surface area contributed by atoms with Crippen LogP contribution in [-0.2, 0) is 4.74 Å². The third-order valence-corrected chi connectivity index (χ3v) is 4.91. The fourth-order valence-corrected chi connectivity index (χ4v) is 3.62. The molecule has 1 aromatic carbocycles. The fourth-order valence-electron chi connectivity index (χ4n) is 2.48. The highest BCUT2D eigenvalue weighted by Gasteiger charge is 2.18. The van der Waals surface area contributed by atoms with Crippen LogP contribution in [0.5, 0.6) is 5.88 Å². The topological polar surface area (TPSA) is 73.3 Å². The van der Waals surface area contributed by atoms with E-state index in [-0.39, 0.29) is 12.0 Å². The Balaban J connectivity index is 1.44. The van der Waals surface area contributed by atoms with E-state index in [1.165, 1.54) is 17.5 Å². The van der Waals surface area contributed by atoms with Crippen molar-refractivity contribution in [3.63, 3.8) is 0 Å². The Kier molecular flexibility index (Phi) is 4.52. The van der Waals surface area contributed by atoms with Gasteiger partial charge in [-0.15, -0.1) is 0 Å². The van der Waals surface area contributed by atoms with Crippen molar-refractivity contribution in [1.82, 2.24) is 9.97 Å². The molecule has 3 heterocycles. The van der Waals surface area contributed by atoms with Crippen LogP contribution in [0, 0.1) is 0 Å². The summed E-state index contributed by atoms with van der Waals surface area (Å²) in [5.74, 6) is 0.218. The first-order valence-electron chi connectivity index (χ1n) is 7.75.